The summed E-state index contributed by atoms with van der Waals surface area (Å²) in [6.07, 6.45) is -4.59. The molecule has 0 heterocycles. The lowest BCUT2D eigenvalue weighted by atomic mass is 10.1. The Morgan fingerprint density at radius 2 is 1.62 bits per heavy atom. The van der Waals surface area contributed by atoms with E-state index in [1.54, 1.807) is 18.2 Å². The van der Waals surface area contributed by atoms with E-state index in [9.17, 15) is 17.6 Å². The van der Waals surface area contributed by atoms with Crippen LogP contribution < -0.4 is 4.74 Å². The highest BCUT2D eigenvalue weighted by atomic mass is 79.9. The fourth-order valence-electron chi connectivity index (χ4n) is 1.67. The number of hydrogen-bond acceptors (Lipinski definition) is 1. The molecule has 0 fully saturated rings. The first-order valence-electron chi connectivity index (χ1n) is 5.71. The number of benzene rings is 2. The summed E-state index contributed by atoms with van der Waals surface area (Å²) in [4.78, 5) is 0. The summed E-state index contributed by atoms with van der Waals surface area (Å²) in [7, 11) is 0. The molecule has 0 saturated carbocycles. The summed E-state index contributed by atoms with van der Waals surface area (Å²) >= 11 is 6.54. The van der Waals surface area contributed by atoms with Crippen molar-refractivity contribution >= 4 is 31.9 Å². The number of hydrogen-bond donors (Lipinski definition) is 0. The molecule has 2 rings (SSSR count). The maximum Gasteiger partial charge on any atom is 0.416 e. The molecule has 0 saturated heterocycles. The normalized spacial score (nSPS) is 11.5. The maximum absolute atomic E-state index is 13.3. The molecular formula is C14H8Br2F4O. The number of alkyl halides is 3. The predicted molar refractivity (Wildman–Crippen MR) is 77.6 cm³/mol. The molecule has 0 aliphatic rings. The molecule has 0 N–H and O–H groups in total. The minimum Gasteiger partial charge on any atom is -0.487 e. The Labute approximate surface area is 135 Å². The van der Waals surface area contributed by atoms with E-state index in [-0.39, 0.29) is 12.2 Å². The summed E-state index contributed by atoms with van der Waals surface area (Å²) in [6, 6.07) is 7.57. The molecule has 0 unspecified atom stereocenters. The van der Waals surface area contributed by atoms with Crippen LogP contribution in [0.25, 0.3) is 0 Å². The monoisotopic (exact) mass is 426 g/mol. The number of rotatable bonds is 3. The van der Waals surface area contributed by atoms with E-state index >= 15 is 0 Å². The van der Waals surface area contributed by atoms with Crippen molar-refractivity contribution in [2.24, 2.45) is 0 Å². The van der Waals surface area contributed by atoms with Gasteiger partial charge in [-0.15, -0.1) is 0 Å². The number of ether oxygens (including phenoxy) is 1. The predicted octanol–water partition coefficient (Wildman–Crippen LogP) is 5.95. The van der Waals surface area contributed by atoms with Crippen molar-refractivity contribution in [3.63, 3.8) is 0 Å². The standard InChI is InChI=1S/C14H8Br2F4O/c15-11-2-1-3-12(16)13(11)21-7-8-4-9(14(18,19)20)6-10(17)5-8/h1-6H,7H2. The van der Waals surface area contributed by atoms with Gasteiger partial charge in [-0.05, 0) is 67.8 Å². The van der Waals surface area contributed by atoms with Crippen LogP contribution in [0.1, 0.15) is 11.1 Å². The van der Waals surface area contributed by atoms with Crippen molar-refractivity contribution in [3.8, 4) is 5.75 Å². The first kappa shape index (κ1) is 16.3. The zero-order valence-electron chi connectivity index (χ0n) is 10.3. The molecule has 0 aromatic heterocycles. The van der Waals surface area contributed by atoms with Crippen molar-refractivity contribution < 1.29 is 22.3 Å². The van der Waals surface area contributed by atoms with Crippen molar-refractivity contribution in [1.29, 1.82) is 0 Å². The van der Waals surface area contributed by atoms with Crippen molar-refractivity contribution in [3.05, 3.63) is 62.3 Å². The van der Waals surface area contributed by atoms with E-state index < -0.39 is 17.6 Å². The Bertz CT molecular complexity index is 636. The molecule has 0 radical (unpaired) electrons. The van der Waals surface area contributed by atoms with Crippen LogP contribution in [-0.2, 0) is 12.8 Å². The Hall–Kier alpha value is -1.08. The van der Waals surface area contributed by atoms with Gasteiger partial charge in [-0.3, -0.25) is 0 Å². The zero-order chi connectivity index (χ0) is 15.6. The third-order valence-corrected chi connectivity index (χ3v) is 3.84. The topological polar surface area (TPSA) is 9.23 Å². The van der Waals surface area contributed by atoms with Gasteiger partial charge in [0.15, 0.2) is 0 Å². The molecule has 2 aromatic rings. The summed E-state index contributed by atoms with van der Waals surface area (Å²) < 4.78 is 57.9. The molecule has 1 nitrogen and oxygen atoms in total. The highest BCUT2D eigenvalue weighted by molar-refractivity contribution is 9.11. The van der Waals surface area contributed by atoms with Gasteiger partial charge in [0.2, 0.25) is 0 Å². The van der Waals surface area contributed by atoms with Crippen LogP contribution in [0.5, 0.6) is 5.75 Å². The molecule has 0 atom stereocenters. The minimum atomic E-state index is -4.59. The first-order chi connectivity index (χ1) is 9.77. The van der Waals surface area contributed by atoms with Crippen LogP contribution in [0.3, 0.4) is 0 Å². The van der Waals surface area contributed by atoms with Gasteiger partial charge < -0.3 is 4.74 Å². The number of para-hydroxylation sites is 1. The van der Waals surface area contributed by atoms with Gasteiger partial charge in [0.1, 0.15) is 18.2 Å². The van der Waals surface area contributed by atoms with Crippen molar-refractivity contribution in [2.75, 3.05) is 0 Å². The van der Waals surface area contributed by atoms with Crippen molar-refractivity contribution in [2.45, 2.75) is 12.8 Å². The van der Waals surface area contributed by atoms with Crippen molar-refractivity contribution in [1.82, 2.24) is 0 Å². The third-order valence-electron chi connectivity index (χ3n) is 2.59. The molecule has 0 aliphatic heterocycles. The van der Waals surface area contributed by atoms with Gasteiger partial charge in [-0.2, -0.15) is 13.2 Å². The van der Waals surface area contributed by atoms with Gasteiger partial charge in [-0.25, -0.2) is 4.39 Å². The Kier molecular flexibility index (Phi) is 4.93. The van der Waals surface area contributed by atoms with E-state index in [1.165, 1.54) is 0 Å². The Morgan fingerprint density at radius 3 is 2.19 bits per heavy atom. The first-order valence-corrected chi connectivity index (χ1v) is 7.29. The minimum absolute atomic E-state index is 0.102. The van der Waals surface area contributed by atoms with E-state index in [1.807, 2.05) is 0 Å². The fraction of sp³-hybridized carbons (Fsp3) is 0.143. The Morgan fingerprint density at radius 1 is 1.00 bits per heavy atom. The molecule has 0 aliphatic carbocycles. The highest BCUT2D eigenvalue weighted by Gasteiger charge is 2.31. The molecule has 7 heteroatoms. The third kappa shape index (κ3) is 4.20. The molecule has 0 amide bonds. The second-order valence-electron chi connectivity index (χ2n) is 4.19. The van der Waals surface area contributed by atoms with Gasteiger partial charge in [0, 0.05) is 0 Å². The van der Waals surface area contributed by atoms with Crippen LogP contribution in [0.15, 0.2) is 45.3 Å². The zero-order valence-corrected chi connectivity index (χ0v) is 13.5. The molecule has 0 bridgehead atoms. The average Bonchev–Trinajstić information content (AvgIpc) is 2.36. The smallest absolute Gasteiger partial charge is 0.416 e. The Balaban J connectivity index is 2.23. The second kappa shape index (κ2) is 6.36. The lowest BCUT2D eigenvalue weighted by Crippen LogP contribution is -2.07. The summed E-state index contributed by atoms with van der Waals surface area (Å²) in [5.74, 6) is -0.509. The fourth-order valence-corrected chi connectivity index (χ4v) is 2.90. The summed E-state index contributed by atoms with van der Waals surface area (Å²) in [5, 5.41) is 0. The average molecular weight is 428 g/mol. The van der Waals surface area contributed by atoms with Crippen LogP contribution >= 0.6 is 31.9 Å². The van der Waals surface area contributed by atoms with Crippen LogP contribution in [0.4, 0.5) is 17.6 Å². The molecular weight excluding hydrogens is 420 g/mol. The highest BCUT2D eigenvalue weighted by Crippen LogP contribution is 2.34. The van der Waals surface area contributed by atoms with E-state index in [0.29, 0.717) is 20.8 Å². The molecule has 21 heavy (non-hydrogen) atoms. The largest absolute Gasteiger partial charge is 0.487 e. The quantitative estimate of drug-likeness (QED) is 0.550. The van der Waals surface area contributed by atoms with E-state index in [0.717, 1.165) is 12.1 Å². The van der Waals surface area contributed by atoms with Crippen LogP contribution in [0.2, 0.25) is 0 Å². The SMILES string of the molecule is Fc1cc(COc2c(Br)cccc2Br)cc(C(F)(F)F)c1. The van der Waals surface area contributed by atoms with Crippen LogP contribution in [-0.4, -0.2) is 0 Å². The second-order valence-corrected chi connectivity index (χ2v) is 5.89. The maximum atomic E-state index is 13.3. The van der Waals surface area contributed by atoms with E-state index in [2.05, 4.69) is 31.9 Å². The lowest BCUT2D eigenvalue weighted by Gasteiger charge is -2.12. The van der Waals surface area contributed by atoms with Gasteiger partial charge in [0.25, 0.3) is 0 Å². The summed E-state index contributed by atoms with van der Waals surface area (Å²) in [5.41, 5.74) is -0.933. The molecule has 2 aromatic carbocycles. The number of halogens is 6. The molecule has 0 spiro atoms. The van der Waals surface area contributed by atoms with Gasteiger partial charge >= 0.3 is 6.18 Å². The summed E-state index contributed by atoms with van der Waals surface area (Å²) in [6.45, 7) is -0.179. The van der Waals surface area contributed by atoms with E-state index in [4.69, 9.17) is 4.74 Å². The lowest BCUT2D eigenvalue weighted by molar-refractivity contribution is -0.137. The van der Waals surface area contributed by atoms with Gasteiger partial charge in [-0.1, -0.05) is 6.07 Å². The molecule has 112 valence electrons. The van der Waals surface area contributed by atoms with Crippen LogP contribution in [0, 0.1) is 5.82 Å². The van der Waals surface area contributed by atoms with Gasteiger partial charge in [0.05, 0.1) is 14.5 Å².